The standard InChI is InChI=1S/C28H29N3O5/c1-3-5-16-31-25(19-11-7-6-8-12-19)23(27(33)35-4-2)24(30-28(31)34)20-13-9-14-21(18-20)29-26(32)22-15-10-17-36-22/h6-15,17-18,24H,3-5,16H2,1-2H3,(H,29,32)(H,30,34). The molecule has 1 aromatic heterocycles. The predicted octanol–water partition coefficient (Wildman–Crippen LogP) is 5.37. The van der Waals surface area contributed by atoms with Crippen LogP contribution in [0.15, 0.2) is 83.0 Å². The van der Waals surface area contributed by atoms with Gasteiger partial charge in [0.25, 0.3) is 5.91 Å². The highest BCUT2D eigenvalue weighted by Crippen LogP contribution is 2.37. The molecule has 3 aromatic rings. The van der Waals surface area contributed by atoms with Gasteiger partial charge in [0.1, 0.15) is 0 Å². The number of benzene rings is 2. The van der Waals surface area contributed by atoms with Crippen molar-refractivity contribution in [2.24, 2.45) is 0 Å². The fourth-order valence-electron chi connectivity index (χ4n) is 4.16. The number of esters is 1. The van der Waals surface area contributed by atoms with Crippen molar-refractivity contribution in [2.45, 2.75) is 32.7 Å². The van der Waals surface area contributed by atoms with Crippen LogP contribution in [0.5, 0.6) is 0 Å². The maximum Gasteiger partial charge on any atom is 0.338 e. The van der Waals surface area contributed by atoms with Gasteiger partial charge in [-0.25, -0.2) is 9.59 Å². The largest absolute Gasteiger partial charge is 0.463 e. The molecule has 2 N–H and O–H groups in total. The SMILES string of the molecule is CCCCN1C(=O)NC(c2cccc(NC(=O)c3ccco3)c2)C(C(=O)OCC)=C1c1ccccc1. The first kappa shape index (κ1) is 24.8. The number of hydrogen-bond acceptors (Lipinski definition) is 5. The fraction of sp³-hybridized carbons (Fsp3) is 0.250. The van der Waals surface area contributed by atoms with Crippen LogP contribution in [-0.2, 0) is 9.53 Å². The molecule has 1 aliphatic heterocycles. The van der Waals surface area contributed by atoms with Crippen LogP contribution in [-0.4, -0.2) is 36.0 Å². The highest BCUT2D eigenvalue weighted by atomic mass is 16.5. The van der Waals surface area contributed by atoms with Crippen molar-refractivity contribution in [1.82, 2.24) is 10.2 Å². The molecule has 2 heterocycles. The summed E-state index contributed by atoms with van der Waals surface area (Å²) in [5, 5.41) is 5.78. The summed E-state index contributed by atoms with van der Waals surface area (Å²) < 4.78 is 10.6. The fourth-order valence-corrected chi connectivity index (χ4v) is 4.16. The highest BCUT2D eigenvalue weighted by Gasteiger charge is 2.38. The third kappa shape index (κ3) is 5.33. The minimum atomic E-state index is -0.773. The van der Waals surface area contributed by atoms with Gasteiger partial charge in [0.15, 0.2) is 5.76 Å². The minimum absolute atomic E-state index is 0.177. The van der Waals surface area contributed by atoms with Crippen LogP contribution in [0.1, 0.15) is 54.4 Å². The molecular formula is C28H29N3O5. The van der Waals surface area contributed by atoms with Gasteiger partial charge in [0, 0.05) is 12.2 Å². The van der Waals surface area contributed by atoms with Crippen LogP contribution in [0, 0.1) is 0 Å². The number of anilines is 1. The van der Waals surface area contributed by atoms with Crippen molar-refractivity contribution in [1.29, 1.82) is 0 Å². The van der Waals surface area contributed by atoms with E-state index < -0.39 is 17.9 Å². The molecule has 0 saturated heterocycles. The van der Waals surface area contributed by atoms with Crippen LogP contribution in [0.3, 0.4) is 0 Å². The molecule has 0 aliphatic carbocycles. The first-order valence-electron chi connectivity index (χ1n) is 12.0. The Morgan fingerprint density at radius 1 is 1.06 bits per heavy atom. The molecule has 0 radical (unpaired) electrons. The summed E-state index contributed by atoms with van der Waals surface area (Å²) >= 11 is 0. The number of nitrogens with one attached hydrogen (secondary N) is 2. The molecule has 1 atom stereocenters. The van der Waals surface area contributed by atoms with E-state index >= 15 is 0 Å². The number of unbranched alkanes of at least 4 members (excludes halogenated alkanes) is 1. The lowest BCUT2D eigenvalue weighted by molar-refractivity contribution is -0.138. The maximum atomic E-state index is 13.4. The number of nitrogens with zero attached hydrogens (tertiary/aromatic N) is 1. The number of amides is 3. The Hall–Kier alpha value is -4.33. The molecule has 1 unspecified atom stereocenters. The van der Waals surface area contributed by atoms with Gasteiger partial charge in [0.2, 0.25) is 0 Å². The summed E-state index contributed by atoms with van der Waals surface area (Å²) in [5.74, 6) is -0.731. The smallest absolute Gasteiger partial charge is 0.338 e. The maximum absolute atomic E-state index is 13.4. The molecule has 4 rings (SSSR count). The molecular weight excluding hydrogens is 458 g/mol. The number of rotatable bonds is 9. The molecule has 36 heavy (non-hydrogen) atoms. The van der Waals surface area contributed by atoms with Crippen molar-refractivity contribution in [3.05, 3.63) is 95.5 Å². The number of hydrogen-bond donors (Lipinski definition) is 2. The molecule has 8 nitrogen and oxygen atoms in total. The second-order valence-corrected chi connectivity index (χ2v) is 8.29. The lowest BCUT2D eigenvalue weighted by Gasteiger charge is -2.37. The molecule has 0 bridgehead atoms. The van der Waals surface area contributed by atoms with E-state index in [1.807, 2.05) is 37.3 Å². The molecule has 0 saturated carbocycles. The number of carbonyl (C=O) groups is 3. The number of ether oxygens (including phenoxy) is 1. The summed E-state index contributed by atoms with van der Waals surface area (Å²) in [5.41, 5.74) is 2.75. The molecule has 186 valence electrons. The first-order valence-corrected chi connectivity index (χ1v) is 12.0. The molecule has 0 spiro atoms. The Balaban J connectivity index is 1.80. The summed E-state index contributed by atoms with van der Waals surface area (Å²) in [7, 11) is 0. The van der Waals surface area contributed by atoms with Crippen LogP contribution >= 0.6 is 0 Å². The molecule has 2 aromatic carbocycles. The number of carbonyl (C=O) groups excluding carboxylic acids is 3. The summed E-state index contributed by atoms with van der Waals surface area (Å²) in [4.78, 5) is 40.8. The van der Waals surface area contributed by atoms with Crippen LogP contribution in [0.25, 0.3) is 5.70 Å². The van der Waals surface area contributed by atoms with Crippen molar-refractivity contribution in [2.75, 3.05) is 18.5 Å². The third-order valence-corrected chi connectivity index (χ3v) is 5.83. The van der Waals surface area contributed by atoms with Gasteiger partial charge < -0.3 is 19.8 Å². The van der Waals surface area contributed by atoms with E-state index in [2.05, 4.69) is 10.6 Å². The van der Waals surface area contributed by atoms with Gasteiger partial charge >= 0.3 is 12.0 Å². The lowest BCUT2D eigenvalue weighted by Crippen LogP contribution is -2.48. The van der Waals surface area contributed by atoms with E-state index in [1.165, 1.54) is 6.26 Å². The summed E-state index contributed by atoms with van der Waals surface area (Å²) in [6.45, 7) is 4.45. The monoisotopic (exact) mass is 487 g/mol. The van der Waals surface area contributed by atoms with Gasteiger partial charge in [0.05, 0.1) is 30.2 Å². The van der Waals surface area contributed by atoms with Gasteiger partial charge in [-0.3, -0.25) is 9.69 Å². The molecule has 0 fully saturated rings. The van der Waals surface area contributed by atoms with Crippen molar-refractivity contribution in [3.63, 3.8) is 0 Å². The third-order valence-electron chi connectivity index (χ3n) is 5.83. The molecule has 8 heteroatoms. The Morgan fingerprint density at radius 2 is 1.86 bits per heavy atom. The minimum Gasteiger partial charge on any atom is -0.463 e. The van der Waals surface area contributed by atoms with Crippen LogP contribution < -0.4 is 10.6 Å². The number of furan rings is 1. The topological polar surface area (TPSA) is 101 Å². The predicted molar refractivity (Wildman–Crippen MR) is 136 cm³/mol. The Labute approximate surface area is 209 Å². The van der Waals surface area contributed by atoms with Crippen molar-refractivity contribution >= 4 is 29.3 Å². The molecule has 1 aliphatic rings. The van der Waals surface area contributed by atoms with Gasteiger partial charge in [-0.15, -0.1) is 0 Å². The normalized spacial score (nSPS) is 15.4. The van der Waals surface area contributed by atoms with Gasteiger partial charge in [-0.2, -0.15) is 0 Å². The van der Waals surface area contributed by atoms with E-state index in [1.54, 1.807) is 48.2 Å². The quantitative estimate of drug-likeness (QED) is 0.395. The van der Waals surface area contributed by atoms with E-state index in [-0.39, 0.29) is 18.4 Å². The van der Waals surface area contributed by atoms with Gasteiger partial charge in [-0.1, -0.05) is 55.8 Å². The Bertz CT molecular complexity index is 1250. The highest BCUT2D eigenvalue weighted by molar-refractivity contribution is 6.05. The first-order chi connectivity index (χ1) is 17.5. The van der Waals surface area contributed by atoms with Gasteiger partial charge in [-0.05, 0) is 48.7 Å². The average molecular weight is 488 g/mol. The van der Waals surface area contributed by atoms with Crippen molar-refractivity contribution in [3.8, 4) is 0 Å². The summed E-state index contributed by atoms with van der Waals surface area (Å²) in [6.07, 6.45) is 3.09. The Morgan fingerprint density at radius 3 is 2.56 bits per heavy atom. The zero-order valence-electron chi connectivity index (χ0n) is 20.3. The van der Waals surface area contributed by atoms with Crippen molar-refractivity contribution < 1.29 is 23.5 Å². The summed E-state index contributed by atoms with van der Waals surface area (Å²) in [6, 6.07) is 18.5. The van der Waals surface area contributed by atoms with Crippen LogP contribution in [0.4, 0.5) is 10.5 Å². The lowest BCUT2D eigenvalue weighted by atomic mass is 9.91. The van der Waals surface area contributed by atoms with Crippen LogP contribution in [0.2, 0.25) is 0 Å². The Kier molecular flexibility index (Phi) is 7.85. The zero-order valence-corrected chi connectivity index (χ0v) is 20.3. The van der Waals surface area contributed by atoms with E-state index in [0.29, 0.717) is 29.1 Å². The second kappa shape index (κ2) is 11.4. The number of urea groups is 1. The molecule has 3 amide bonds. The zero-order chi connectivity index (χ0) is 25.5. The van der Waals surface area contributed by atoms with E-state index in [0.717, 1.165) is 18.4 Å². The van der Waals surface area contributed by atoms with E-state index in [9.17, 15) is 14.4 Å². The van der Waals surface area contributed by atoms with E-state index in [4.69, 9.17) is 9.15 Å². The second-order valence-electron chi connectivity index (χ2n) is 8.29. The average Bonchev–Trinajstić information content (AvgIpc) is 3.43.